The Morgan fingerprint density at radius 2 is 2.00 bits per heavy atom. The summed E-state index contributed by atoms with van der Waals surface area (Å²) in [6, 6.07) is 1.91. The highest BCUT2D eigenvalue weighted by Crippen LogP contribution is 2.36. The van der Waals surface area contributed by atoms with E-state index in [0.717, 1.165) is 9.53 Å². The Bertz CT molecular complexity index is 363. The van der Waals surface area contributed by atoms with E-state index in [4.69, 9.17) is 4.43 Å². The maximum atomic E-state index is 6.08. The minimum absolute atomic E-state index is 0.243. The molecule has 0 unspecified atom stereocenters. The lowest BCUT2D eigenvalue weighted by Gasteiger charge is -2.36. The molecule has 5 heteroatoms. The lowest BCUT2D eigenvalue weighted by molar-refractivity contribution is 0.271. The van der Waals surface area contributed by atoms with Crippen LogP contribution in [0, 0.1) is 3.83 Å². The Kier molecular flexibility index (Phi) is 4.47. The van der Waals surface area contributed by atoms with Crippen LogP contribution in [0.4, 0.5) is 0 Å². The van der Waals surface area contributed by atoms with Gasteiger partial charge < -0.3 is 4.43 Å². The quantitative estimate of drug-likeness (QED) is 0.475. The van der Waals surface area contributed by atoms with Crippen LogP contribution in [0.2, 0.25) is 18.1 Å². The maximum absolute atomic E-state index is 6.08. The molecule has 0 spiro atoms. The molecule has 0 amide bonds. The molecule has 0 atom stereocenters. The lowest BCUT2D eigenvalue weighted by Crippen LogP contribution is -2.40. The van der Waals surface area contributed by atoms with Crippen LogP contribution in [0.5, 0.6) is 0 Å². The number of hydrogen-bond acceptors (Lipinski definition) is 3. The van der Waals surface area contributed by atoms with Gasteiger partial charge in [0.05, 0.1) is 12.3 Å². The summed E-state index contributed by atoms with van der Waals surface area (Å²) in [6.45, 7) is 11.8. The third kappa shape index (κ3) is 3.78. The van der Waals surface area contributed by atoms with Gasteiger partial charge in [0.2, 0.25) is 0 Å². The van der Waals surface area contributed by atoms with Gasteiger partial charge in [-0.25, -0.2) is 9.97 Å². The third-order valence-corrected chi connectivity index (χ3v) is 8.07. The van der Waals surface area contributed by atoms with E-state index < -0.39 is 8.32 Å². The molecule has 0 aromatic carbocycles. The molecule has 0 bridgehead atoms. The minimum Gasteiger partial charge on any atom is -0.411 e. The normalized spacial score (nSPS) is 12.9. The summed E-state index contributed by atoms with van der Waals surface area (Å²) in [5.74, 6) is 0. The van der Waals surface area contributed by atoms with Gasteiger partial charge in [-0.2, -0.15) is 0 Å². The summed E-state index contributed by atoms with van der Waals surface area (Å²) in [7, 11) is -1.67. The van der Waals surface area contributed by atoms with Crippen molar-refractivity contribution < 1.29 is 4.43 Å². The highest BCUT2D eigenvalue weighted by molar-refractivity contribution is 14.1. The van der Waals surface area contributed by atoms with Crippen molar-refractivity contribution in [1.29, 1.82) is 0 Å². The first-order chi connectivity index (χ1) is 7.22. The molecule has 0 N–H and O–H groups in total. The van der Waals surface area contributed by atoms with E-state index in [9.17, 15) is 0 Å². The molecule has 1 heterocycles. The predicted octanol–water partition coefficient (Wildman–Crippen LogP) is 3.60. The van der Waals surface area contributed by atoms with Gasteiger partial charge in [0, 0.05) is 28.8 Å². The topological polar surface area (TPSA) is 35.0 Å². The average Bonchev–Trinajstić information content (AvgIpc) is 2.13. The van der Waals surface area contributed by atoms with Crippen LogP contribution in [0.25, 0.3) is 0 Å². The van der Waals surface area contributed by atoms with Gasteiger partial charge in [-0.3, -0.25) is 0 Å². The maximum Gasteiger partial charge on any atom is 0.192 e. The minimum atomic E-state index is -1.67. The summed E-state index contributed by atoms with van der Waals surface area (Å²) in [5.41, 5.74) is 0.962. The van der Waals surface area contributed by atoms with Crippen molar-refractivity contribution in [3.05, 3.63) is 21.8 Å². The first-order valence-corrected chi connectivity index (χ1v) is 9.32. The number of nitrogens with zero attached hydrogens (tertiary/aromatic N) is 2. The van der Waals surface area contributed by atoms with Gasteiger partial charge in [0.15, 0.2) is 12.1 Å². The molecule has 16 heavy (non-hydrogen) atoms. The Morgan fingerprint density at radius 3 is 2.50 bits per heavy atom. The first kappa shape index (κ1) is 14.0. The molecular weight excluding hydrogens is 331 g/mol. The van der Waals surface area contributed by atoms with Crippen LogP contribution in [-0.2, 0) is 11.0 Å². The second kappa shape index (κ2) is 5.10. The summed E-state index contributed by atoms with van der Waals surface area (Å²) in [6.07, 6.45) is 1.78. The molecule has 1 rings (SSSR count). The fraction of sp³-hybridized carbons (Fsp3) is 0.636. The zero-order valence-electron chi connectivity index (χ0n) is 10.5. The Morgan fingerprint density at radius 1 is 1.38 bits per heavy atom. The lowest BCUT2D eigenvalue weighted by atomic mass is 10.2. The van der Waals surface area contributed by atoms with E-state index in [0.29, 0.717) is 6.61 Å². The largest absolute Gasteiger partial charge is 0.411 e. The van der Waals surface area contributed by atoms with E-state index >= 15 is 0 Å². The highest BCUT2D eigenvalue weighted by Gasteiger charge is 2.37. The predicted molar refractivity (Wildman–Crippen MR) is 76.7 cm³/mol. The molecule has 0 aliphatic rings. The standard InChI is InChI=1S/C11H19IN2OSi/c1-11(2,3)16(4,5)15-8-9-6-7-13-10(12)14-9/h6-7H,8H2,1-5H3. The average molecular weight is 350 g/mol. The van der Waals surface area contributed by atoms with E-state index in [2.05, 4.69) is 66.4 Å². The van der Waals surface area contributed by atoms with Crippen molar-refractivity contribution in [3.8, 4) is 0 Å². The van der Waals surface area contributed by atoms with Crippen LogP contribution in [0.3, 0.4) is 0 Å². The van der Waals surface area contributed by atoms with Crippen molar-refractivity contribution >= 4 is 30.9 Å². The monoisotopic (exact) mass is 350 g/mol. The molecule has 0 radical (unpaired) electrons. The van der Waals surface area contributed by atoms with Gasteiger partial charge in [-0.15, -0.1) is 0 Å². The number of aromatic nitrogens is 2. The summed E-state index contributed by atoms with van der Waals surface area (Å²) in [5, 5.41) is 0.243. The highest BCUT2D eigenvalue weighted by atomic mass is 127. The van der Waals surface area contributed by atoms with E-state index in [1.54, 1.807) is 6.20 Å². The molecule has 1 aromatic rings. The second-order valence-electron chi connectivity index (χ2n) is 5.37. The van der Waals surface area contributed by atoms with Crippen LogP contribution in [0.1, 0.15) is 26.5 Å². The summed E-state index contributed by atoms with van der Waals surface area (Å²) in [4.78, 5) is 8.40. The molecule has 0 saturated carbocycles. The van der Waals surface area contributed by atoms with Gasteiger partial charge in [-0.05, 0) is 24.2 Å². The molecule has 90 valence electrons. The molecule has 0 saturated heterocycles. The fourth-order valence-electron chi connectivity index (χ4n) is 0.921. The summed E-state index contributed by atoms with van der Waals surface area (Å²) >= 11 is 2.12. The molecule has 1 aromatic heterocycles. The molecule has 0 aliphatic carbocycles. The number of halogens is 1. The zero-order valence-corrected chi connectivity index (χ0v) is 13.7. The van der Waals surface area contributed by atoms with E-state index in [-0.39, 0.29) is 5.04 Å². The molecular formula is C11H19IN2OSi. The van der Waals surface area contributed by atoms with Crippen molar-refractivity contribution in [1.82, 2.24) is 9.97 Å². The third-order valence-electron chi connectivity index (χ3n) is 3.07. The van der Waals surface area contributed by atoms with Crippen molar-refractivity contribution in [2.24, 2.45) is 0 Å². The number of hydrogen-bond donors (Lipinski definition) is 0. The van der Waals surface area contributed by atoms with Gasteiger partial charge in [-0.1, -0.05) is 20.8 Å². The van der Waals surface area contributed by atoms with Crippen LogP contribution < -0.4 is 0 Å². The summed E-state index contributed by atoms with van der Waals surface area (Å²) < 4.78 is 6.85. The second-order valence-corrected chi connectivity index (χ2v) is 11.1. The number of rotatable bonds is 3. The van der Waals surface area contributed by atoms with Crippen molar-refractivity contribution in [3.63, 3.8) is 0 Å². The molecule has 0 aliphatic heterocycles. The molecule has 0 fully saturated rings. The van der Waals surface area contributed by atoms with Crippen LogP contribution in [0.15, 0.2) is 12.3 Å². The van der Waals surface area contributed by atoms with E-state index in [1.165, 1.54) is 0 Å². The van der Waals surface area contributed by atoms with Gasteiger partial charge in [0.1, 0.15) is 0 Å². The van der Waals surface area contributed by atoms with E-state index in [1.807, 2.05) is 6.07 Å². The van der Waals surface area contributed by atoms with Crippen molar-refractivity contribution in [2.75, 3.05) is 0 Å². The molecule has 3 nitrogen and oxygen atoms in total. The smallest absolute Gasteiger partial charge is 0.192 e. The van der Waals surface area contributed by atoms with Crippen LogP contribution in [-0.4, -0.2) is 18.3 Å². The van der Waals surface area contributed by atoms with Crippen LogP contribution >= 0.6 is 22.6 Å². The van der Waals surface area contributed by atoms with Crippen molar-refractivity contribution in [2.45, 2.75) is 45.5 Å². The Balaban J connectivity index is 2.65. The Labute approximate surface area is 112 Å². The first-order valence-electron chi connectivity index (χ1n) is 5.34. The Hall–Kier alpha value is -0.0131. The fourth-order valence-corrected chi connectivity index (χ4v) is 2.33. The zero-order chi connectivity index (χ0) is 12.4. The van der Waals surface area contributed by atoms with Gasteiger partial charge in [0.25, 0.3) is 0 Å². The van der Waals surface area contributed by atoms with Gasteiger partial charge >= 0.3 is 0 Å². The SMILES string of the molecule is CC(C)(C)[Si](C)(C)OCc1ccnc(I)n1.